The van der Waals surface area contributed by atoms with E-state index >= 15 is 0 Å². The SMILES string of the molecule is CC[C@@]1(O)C(=O)OCc2c1cc1n(c2=O)Cc2c-1nc1cc(F)c(C)cc1c2CSCCC(=O)CNC(=O)[C@@H](CC(=O)CNC(=O)CCC(=O)CCOCCOCCNC(=O)CCN1C(=O)C=CC1=O)Cc1ccccc1. The highest BCUT2D eigenvalue weighted by Gasteiger charge is 2.45. The smallest absolute Gasteiger partial charge is 0.343 e. The molecule has 2 aromatic carbocycles. The molecule has 2 atom stereocenters. The lowest BCUT2D eigenvalue weighted by Crippen LogP contribution is -2.44. The van der Waals surface area contributed by atoms with Gasteiger partial charge in [0, 0.05) is 104 Å². The van der Waals surface area contributed by atoms with E-state index in [4.69, 9.17) is 19.2 Å². The number of fused-ring (bicyclic) bond motifs is 5. The van der Waals surface area contributed by atoms with Gasteiger partial charge >= 0.3 is 5.97 Å². The number of benzene rings is 2. The first-order valence-corrected chi connectivity index (χ1v) is 26.6. The van der Waals surface area contributed by atoms with Gasteiger partial charge in [0.15, 0.2) is 17.2 Å². The van der Waals surface area contributed by atoms with E-state index in [9.17, 15) is 57.4 Å². The lowest BCUT2D eigenvalue weighted by atomic mass is 9.86. The number of esters is 1. The molecule has 0 saturated carbocycles. The highest BCUT2D eigenvalue weighted by atomic mass is 32.2. The summed E-state index contributed by atoms with van der Waals surface area (Å²) in [6, 6.07) is 13.7. The second-order valence-corrected chi connectivity index (χ2v) is 20.0. The molecular weight excluding hydrogens is 1020 g/mol. The van der Waals surface area contributed by atoms with Crippen LogP contribution in [0.5, 0.6) is 0 Å². The number of carbonyl (C=O) groups is 9. The minimum absolute atomic E-state index is 0.0135. The number of ether oxygens (including phenoxy) is 3. The van der Waals surface area contributed by atoms with Crippen LogP contribution in [0.25, 0.3) is 22.3 Å². The summed E-state index contributed by atoms with van der Waals surface area (Å²) in [7, 11) is 0. The van der Waals surface area contributed by atoms with Crippen LogP contribution in [0, 0.1) is 18.7 Å². The topological polar surface area (TPSA) is 276 Å². The molecule has 0 fully saturated rings. The van der Waals surface area contributed by atoms with Crippen molar-refractivity contribution < 1.29 is 66.9 Å². The van der Waals surface area contributed by atoms with Crippen molar-refractivity contribution in [2.24, 2.45) is 5.92 Å². The normalized spacial score (nSPS) is 15.7. The Morgan fingerprint density at radius 3 is 2.29 bits per heavy atom. The maximum atomic E-state index is 15.0. The van der Waals surface area contributed by atoms with Gasteiger partial charge in [-0.15, -0.1) is 0 Å². The van der Waals surface area contributed by atoms with Gasteiger partial charge in [0.25, 0.3) is 17.4 Å². The number of amides is 5. The Kier molecular flexibility index (Phi) is 19.9. The summed E-state index contributed by atoms with van der Waals surface area (Å²) in [5.41, 5.74) is 1.77. The zero-order chi connectivity index (χ0) is 55.2. The van der Waals surface area contributed by atoms with E-state index in [-0.39, 0.29) is 146 Å². The number of cyclic esters (lactones) is 1. The summed E-state index contributed by atoms with van der Waals surface area (Å²) in [6.45, 7) is 3.37. The van der Waals surface area contributed by atoms with Gasteiger partial charge < -0.3 is 39.8 Å². The Labute approximate surface area is 446 Å². The molecule has 2 aromatic heterocycles. The minimum atomic E-state index is -2.02. The number of aliphatic hydroxyl groups is 1. The Bertz CT molecular complexity index is 3040. The predicted molar refractivity (Wildman–Crippen MR) is 278 cm³/mol. The molecule has 3 aliphatic rings. The van der Waals surface area contributed by atoms with E-state index in [1.165, 1.54) is 22.4 Å². The van der Waals surface area contributed by atoms with Crippen molar-refractivity contribution >= 4 is 75.5 Å². The van der Waals surface area contributed by atoms with Crippen LogP contribution in [0.2, 0.25) is 0 Å². The number of nitrogens with zero attached hydrogens (tertiary/aromatic N) is 3. The van der Waals surface area contributed by atoms with Gasteiger partial charge in [-0.05, 0) is 48.6 Å². The molecule has 0 radical (unpaired) electrons. The first kappa shape index (κ1) is 57.4. The molecule has 20 nitrogen and oxygen atoms in total. The molecule has 3 aliphatic heterocycles. The highest BCUT2D eigenvalue weighted by molar-refractivity contribution is 7.98. The van der Waals surface area contributed by atoms with Gasteiger partial charge in [-0.1, -0.05) is 37.3 Å². The number of pyridine rings is 2. The maximum Gasteiger partial charge on any atom is 0.343 e. The number of hydrogen-bond acceptors (Lipinski definition) is 16. The first-order valence-electron chi connectivity index (χ1n) is 25.4. The zero-order valence-corrected chi connectivity index (χ0v) is 43.7. The van der Waals surface area contributed by atoms with E-state index in [0.717, 1.165) is 33.7 Å². The molecule has 5 amide bonds. The summed E-state index contributed by atoms with van der Waals surface area (Å²) >= 11 is 1.44. The number of aryl methyl sites for hydroxylation is 1. The number of ketones is 3. The third-order valence-corrected chi connectivity index (χ3v) is 14.5. The average molecular weight is 1080 g/mol. The molecule has 0 aliphatic carbocycles. The van der Waals surface area contributed by atoms with E-state index in [2.05, 4.69) is 16.0 Å². The van der Waals surface area contributed by atoms with Crippen molar-refractivity contribution in [3.8, 4) is 11.4 Å². The number of hydrogen-bond donors (Lipinski definition) is 4. The molecule has 5 heterocycles. The average Bonchev–Trinajstić information content (AvgIpc) is 4.16. The Hall–Kier alpha value is -7.27. The monoisotopic (exact) mass is 1080 g/mol. The van der Waals surface area contributed by atoms with Crippen LogP contribution in [-0.2, 0) is 88.3 Å². The van der Waals surface area contributed by atoms with Crippen LogP contribution >= 0.6 is 11.8 Å². The molecule has 7 rings (SSSR count). The lowest BCUT2D eigenvalue weighted by molar-refractivity contribution is -0.172. The summed E-state index contributed by atoms with van der Waals surface area (Å²) < 4.78 is 32.5. The standard InChI is InChI=1S/C55H61FN6O14S/c1-3-55(73)43-26-46-51-40(30-62(46)53(71)41(43)31-76-54(55)72)42(39-23-33(2)44(56)27-45(39)60-51)32-77-22-15-37(64)28-59-52(70)35(24-34-7-5-4-6-8-34)25-38(65)29-58-47(66)10-9-36(63)14-18-74-20-21-75-19-16-57-48(67)13-17-61-49(68)11-12-50(61)69/h4-8,11-12,23,26-27,35,73H,3,9-10,13-22,24-25,28-32H2,1-2H3,(H,57,67)(H,58,66)(H,59,70)/t35-,55+/m1/s1. The van der Waals surface area contributed by atoms with Crippen LogP contribution in [0.4, 0.5) is 4.39 Å². The lowest BCUT2D eigenvalue weighted by Gasteiger charge is -2.31. The highest BCUT2D eigenvalue weighted by Crippen LogP contribution is 2.41. The molecule has 0 saturated heterocycles. The van der Waals surface area contributed by atoms with Crippen molar-refractivity contribution in [2.45, 2.75) is 89.7 Å². The fourth-order valence-corrected chi connectivity index (χ4v) is 10.2. The second-order valence-electron chi connectivity index (χ2n) is 18.9. The number of rotatable bonds is 30. The molecule has 408 valence electrons. The first-order chi connectivity index (χ1) is 37.0. The summed E-state index contributed by atoms with van der Waals surface area (Å²) in [5.74, 6) is -4.61. The third kappa shape index (κ3) is 14.6. The Morgan fingerprint density at radius 2 is 1.55 bits per heavy atom. The van der Waals surface area contributed by atoms with Gasteiger partial charge in [0.2, 0.25) is 17.7 Å². The van der Waals surface area contributed by atoms with Gasteiger partial charge in [-0.25, -0.2) is 14.2 Å². The number of carbonyl (C=O) groups excluding carboxylic acids is 9. The van der Waals surface area contributed by atoms with Gasteiger partial charge in [0.1, 0.15) is 18.2 Å². The van der Waals surface area contributed by atoms with Crippen molar-refractivity contribution in [2.75, 3.05) is 58.4 Å². The van der Waals surface area contributed by atoms with Crippen LogP contribution in [0.3, 0.4) is 0 Å². The number of thioether (sulfide) groups is 1. The van der Waals surface area contributed by atoms with Crippen molar-refractivity contribution in [1.82, 2.24) is 30.4 Å². The number of aromatic nitrogens is 2. The van der Waals surface area contributed by atoms with Crippen molar-refractivity contribution in [3.05, 3.63) is 110 Å². The van der Waals surface area contributed by atoms with Crippen LogP contribution in [0.1, 0.15) is 85.3 Å². The van der Waals surface area contributed by atoms with E-state index in [1.54, 1.807) is 38.1 Å². The van der Waals surface area contributed by atoms with E-state index in [1.807, 2.05) is 18.2 Å². The Morgan fingerprint density at radius 1 is 0.831 bits per heavy atom. The van der Waals surface area contributed by atoms with Crippen LogP contribution < -0.4 is 21.5 Å². The number of imide groups is 1. The van der Waals surface area contributed by atoms with Crippen molar-refractivity contribution in [3.63, 3.8) is 0 Å². The molecular formula is C55H61FN6O14S. The number of nitrogens with one attached hydrogen (secondary N) is 3. The van der Waals surface area contributed by atoms with Crippen LogP contribution in [-0.4, -0.2) is 131 Å². The summed E-state index contributed by atoms with van der Waals surface area (Å²) in [6.07, 6.45) is 2.14. The molecule has 0 bridgehead atoms. The summed E-state index contributed by atoms with van der Waals surface area (Å²) in [4.78, 5) is 132. The fraction of sp³-hybridized carbons (Fsp3) is 0.436. The molecule has 4 N–H and O–H groups in total. The van der Waals surface area contributed by atoms with E-state index < -0.39 is 58.3 Å². The van der Waals surface area contributed by atoms with Gasteiger partial charge in [-0.2, -0.15) is 11.8 Å². The van der Waals surface area contributed by atoms with Crippen LogP contribution in [0.15, 0.2) is 65.5 Å². The molecule has 4 aromatic rings. The Balaban J connectivity index is 0.819. The van der Waals surface area contributed by atoms with Crippen molar-refractivity contribution in [1.29, 1.82) is 0 Å². The molecule has 0 spiro atoms. The number of halogens is 1. The fourth-order valence-electron chi connectivity index (χ4n) is 9.13. The van der Waals surface area contributed by atoms with E-state index in [0.29, 0.717) is 39.4 Å². The summed E-state index contributed by atoms with van der Waals surface area (Å²) in [5, 5.41) is 19.8. The molecule has 22 heteroatoms. The quantitative estimate of drug-likeness (QED) is 0.0292. The zero-order valence-electron chi connectivity index (χ0n) is 42.9. The predicted octanol–water partition coefficient (Wildman–Crippen LogP) is 2.97. The largest absolute Gasteiger partial charge is 0.458 e. The van der Waals surface area contributed by atoms with Gasteiger partial charge in [0.05, 0.1) is 68.5 Å². The number of Topliss-reactive ketones (excluding diaryl/α,β-unsaturated/α-hetero) is 3. The maximum absolute atomic E-state index is 15.0. The minimum Gasteiger partial charge on any atom is -0.458 e. The molecule has 0 unspecified atom stereocenters. The second kappa shape index (κ2) is 26.7. The van der Waals surface area contributed by atoms with Gasteiger partial charge in [-0.3, -0.25) is 48.1 Å². The molecule has 77 heavy (non-hydrogen) atoms. The third-order valence-electron chi connectivity index (χ3n) is 13.5.